The van der Waals surface area contributed by atoms with Crippen molar-refractivity contribution >= 4 is 65.4 Å². The lowest BCUT2D eigenvalue weighted by atomic mass is 10.1. The van der Waals surface area contributed by atoms with E-state index >= 15 is 0 Å². The molecule has 0 saturated carbocycles. The van der Waals surface area contributed by atoms with Crippen LogP contribution < -0.4 is 58.9 Å². The minimum Gasteiger partial charge on any atom is -1.00 e. The Bertz CT molecular complexity index is 2720. The van der Waals surface area contributed by atoms with Crippen molar-refractivity contribution in [1.29, 1.82) is 0 Å². The van der Waals surface area contributed by atoms with Gasteiger partial charge in [0.2, 0.25) is 0 Å². The van der Waals surface area contributed by atoms with E-state index in [1.807, 2.05) is 48.5 Å². The first-order chi connectivity index (χ1) is 26.4. The third-order valence-electron chi connectivity index (χ3n) is 10.4. The average molecular weight is 1000 g/mol. The van der Waals surface area contributed by atoms with Crippen molar-refractivity contribution in [3.63, 3.8) is 0 Å². The zero-order valence-corrected chi connectivity index (χ0v) is 38.1. The highest BCUT2D eigenvalue weighted by Crippen LogP contribution is 2.43. The SMILES string of the molecule is CO[Si]1(OC(C[N+](C)(C)C)C[N+](C)(C)C)n2c3c4ccccc4c2N=C2N=C(N=c4c5ccccc5c(n41)=NC1=NC(=N3)c3ccccc31)c1ccccc12.[I-].[I-]. The second-order valence-electron chi connectivity index (χ2n) is 16.6. The van der Waals surface area contributed by atoms with Crippen molar-refractivity contribution < 1.29 is 65.8 Å². The van der Waals surface area contributed by atoms with Crippen LogP contribution >= 0.6 is 0 Å². The summed E-state index contributed by atoms with van der Waals surface area (Å²) in [7, 11) is 10.8. The summed E-state index contributed by atoms with van der Waals surface area (Å²) in [5, 5.41) is 3.58. The van der Waals surface area contributed by atoms with E-state index in [4.69, 9.17) is 38.8 Å². The van der Waals surface area contributed by atoms with E-state index in [0.717, 1.165) is 43.8 Å². The molecule has 290 valence electrons. The monoisotopic (exact) mass is 1000 g/mol. The molecule has 4 aromatic carbocycles. The molecule has 6 bridgehead atoms. The first kappa shape index (κ1) is 39.6. The minimum atomic E-state index is -4.15. The number of hydrogen-bond donors (Lipinski definition) is 0. The number of hydrogen-bond acceptors (Lipinski definition) is 8. The summed E-state index contributed by atoms with van der Waals surface area (Å²) >= 11 is 0. The van der Waals surface area contributed by atoms with Crippen LogP contribution in [0.3, 0.4) is 0 Å². The molecule has 0 aliphatic carbocycles. The Labute approximate surface area is 366 Å². The van der Waals surface area contributed by atoms with Gasteiger partial charge in [-0.2, -0.15) is 0 Å². The van der Waals surface area contributed by atoms with Crippen LogP contribution in [0.4, 0.5) is 11.6 Å². The Hall–Kier alpha value is -4.24. The molecule has 0 fully saturated rings. The van der Waals surface area contributed by atoms with Gasteiger partial charge in [-0.05, 0) is 0 Å². The second-order valence-corrected chi connectivity index (χ2v) is 19.2. The maximum atomic E-state index is 7.89. The van der Waals surface area contributed by atoms with Gasteiger partial charge >= 0.3 is 8.88 Å². The van der Waals surface area contributed by atoms with Gasteiger partial charge in [-0.15, -0.1) is 0 Å². The van der Waals surface area contributed by atoms with Gasteiger partial charge in [0.1, 0.15) is 41.8 Å². The van der Waals surface area contributed by atoms with Gasteiger partial charge in [0.05, 0.1) is 42.3 Å². The van der Waals surface area contributed by atoms with Crippen LogP contribution in [-0.2, 0) is 8.85 Å². The van der Waals surface area contributed by atoms with Crippen LogP contribution in [0.15, 0.2) is 127 Å². The molecule has 0 N–H and O–H groups in total. The molecule has 0 spiro atoms. The molecule has 2 aromatic heterocycles. The molecule has 0 amide bonds. The Morgan fingerprint density at radius 1 is 0.491 bits per heavy atom. The number of aromatic nitrogens is 2. The van der Waals surface area contributed by atoms with Crippen LogP contribution in [-0.4, -0.2) is 118 Å². The van der Waals surface area contributed by atoms with Gasteiger partial charge < -0.3 is 65.8 Å². The van der Waals surface area contributed by atoms with E-state index in [2.05, 4.69) is 99.3 Å². The number of fused-ring (bicyclic) bond motifs is 14. The maximum Gasteiger partial charge on any atom is 0.603 e. The van der Waals surface area contributed by atoms with Gasteiger partial charge in [-0.25, -0.2) is 30.0 Å². The van der Waals surface area contributed by atoms with Crippen LogP contribution in [0.5, 0.6) is 0 Å². The molecule has 1 atom stereocenters. The highest BCUT2D eigenvalue weighted by Gasteiger charge is 2.54. The van der Waals surface area contributed by atoms with Gasteiger partial charge in [-0.3, -0.25) is 8.47 Å². The molecule has 4 aliphatic rings. The molecule has 12 nitrogen and oxygen atoms in total. The molecule has 15 heteroatoms. The van der Waals surface area contributed by atoms with Gasteiger partial charge in [0, 0.05) is 50.9 Å². The summed E-state index contributed by atoms with van der Waals surface area (Å²) in [6.45, 7) is 1.41. The molecule has 0 saturated heterocycles. The van der Waals surface area contributed by atoms with E-state index in [-0.39, 0.29) is 54.1 Å². The fourth-order valence-corrected chi connectivity index (χ4v) is 11.5. The molecule has 0 radical (unpaired) electrons. The van der Waals surface area contributed by atoms with E-state index in [1.54, 1.807) is 7.11 Å². The topological polar surface area (TPSA) is 102 Å². The highest BCUT2D eigenvalue weighted by molar-refractivity contribution is 6.66. The van der Waals surface area contributed by atoms with Crippen LogP contribution in [0.2, 0.25) is 0 Å². The van der Waals surface area contributed by atoms with Gasteiger partial charge in [0.15, 0.2) is 23.3 Å². The lowest BCUT2D eigenvalue weighted by molar-refractivity contribution is -0.895. The van der Waals surface area contributed by atoms with Crippen molar-refractivity contribution in [1.82, 2.24) is 8.47 Å². The molecule has 4 aliphatic heterocycles. The number of halogens is 2. The fraction of sp³-hybridized carbons (Fsp3) is 0.238. The summed E-state index contributed by atoms with van der Waals surface area (Å²) in [5.41, 5.74) is 4.89. The Morgan fingerprint density at radius 3 is 1.21 bits per heavy atom. The molecule has 6 heterocycles. The second kappa shape index (κ2) is 14.2. The Morgan fingerprint density at radius 2 is 0.842 bits per heavy atom. The van der Waals surface area contributed by atoms with E-state index in [1.165, 1.54) is 0 Å². The zero-order chi connectivity index (χ0) is 37.9. The number of quaternary nitrogens is 2. The number of amidine groups is 4. The van der Waals surface area contributed by atoms with E-state index in [9.17, 15) is 0 Å². The van der Waals surface area contributed by atoms with Gasteiger partial charge in [-0.1, -0.05) is 97.1 Å². The smallest absolute Gasteiger partial charge is 0.603 e. The summed E-state index contributed by atoms with van der Waals surface area (Å²) in [6, 6.07) is 32.8. The first-order valence-electron chi connectivity index (χ1n) is 18.5. The molecule has 1 unspecified atom stereocenters. The zero-order valence-electron chi connectivity index (χ0n) is 32.8. The molecule has 6 aromatic rings. The van der Waals surface area contributed by atoms with Crippen LogP contribution in [0, 0.1) is 0 Å². The molecule has 57 heavy (non-hydrogen) atoms. The normalized spacial score (nSPS) is 17.6. The van der Waals surface area contributed by atoms with Crippen molar-refractivity contribution in [3.05, 3.63) is 130 Å². The quantitative estimate of drug-likeness (QED) is 0.115. The predicted octanol–water partition coefficient (Wildman–Crippen LogP) is -1.18. The maximum absolute atomic E-state index is 7.89. The molecular weight excluding hydrogens is 958 g/mol. The first-order valence-corrected chi connectivity index (χ1v) is 20.2. The van der Waals surface area contributed by atoms with Crippen LogP contribution in [0.25, 0.3) is 21.5 Å². The number of nitrogens with zero attached hydrogens (tertiary/aromatic N) is 10. The summed E-state index contributed by atoms with van der Waals surface area (Å²) in [5.74, 6) is 3.55. The minimum absolute atomic E-state index is 0. The summed E-state index contributed by atoms with van der Waals surface area (Å²) < 4.78 is 20.7. The highest BCUT2D eigenvalue weighted by atomic mass is 127. The van der Waals surface area contributed by atoms with Crippen molar-refractivity contribution in [2.24, 2.45) is 30.0 Å². The molecule has 10 rings (SSSR count). The third-order valence-corrected chi connectivity index (χ3v) is 13.6. The largest absolute Gasteiger partial charge is 1.00 e. The Kier molecular flexibility index (Phi) is 9.89. The fourth-order valence-electron chi connectivity index (χ4n) is 8.34. The number of aliphatic imine (C=N–C) groups is 4. The van der Waals surface area contributed by atoms with Gasteiger partial charge in [0.25, 0.3) is 0 Å². The van der Waals surface area contributed by atoms with Crippen molar-refractivity contribution in [2.45, 2.75) is 6.10 Å². The number of rotatable bonds is 7. The third kappa shape index (κ3) is 6.38. The number of likely N-dealkylation sites (N-methyl/N-ethyl adjacent to an activating group) is 2. The summed E-state index contributed by atoms with van der Waals surface area (Å²) in [6.07, 6.45) is -0.284. The van der Waals surface area contributed by atoms with E-state index in [0.29, 0.717) is 68.0 Å². The number of benzene rings is 4. The van der Waals surface area contributed by atoms with E-state index < -0.39 is 8.88 Å². The lowest BCUT2D eigenvalue weighted by Gasteiger charge is -2.39. The lowest BCUT2D eigenvalue weighted by Crippen LogP contribution is -3.00. The average Bonchev–Trinajstić information content (AvgIpc) is 3.86. The Balaban J connectivity index is 0.00000228. The van der Waals surface area contributed by atoms with Crippen LogP contribution in [0.1, 0.15) is 22.3 Å². The summed E-state index contributed by atoms with van der Waals surface area (Å²) in [4.78, 5) is 32.3. The van der Waals surface area contributed by atoms with Crippen molar-refractivity contribution in [2.75, 3.05) is 62.5 Å². The predicted molar refractivity (Wildman–Crippen MR) is 219 cm³/mol. The standard InChI is InChI=1S/C42H42N10O2Si.2HI/c1-51(2,3)24-26(25-52(4,5)6)54-55(53-7)49-39-31-20-12-13-21-32(31)41(49)47-37-29-18-10-11-19-30(29)38(44-37)48-42-34-23-15-14-22-33(34)40(50(42)55)46-36-28-17-9-8-16-27(28)35(43-36)45-39;;/h8-23,26H,24-25H2,1-7H3;2*1H/q+2;;/p-2. The molecular formula is C42H42I2N10O2Si. The van der Waals surface area contributed by atoms with Crippen molar-refractivity contribution in [3.8, 4) is 0 Å².